The van der Waals surface area contributed by atoms with Crippen molar-refractivity contribution in [3.63, 3.8) is 0 Å². The van der Waals surface area contributed by atoms with Crippen LogP contribution in [0.25, 0.3) is 5.57 Å². The van der Waals surface area contributed by atoms with Gasteiger partial charge in [-0.15, -0.1) is 0 Å². The van der Waals surface area contributed by atoms with Gasteiger partial charge >= 0.3 is 5.97 Å². The first-order valence-electron chi connectivity index (χ1n) is 13.5. The van der Waals surface area contributed by atoms with E-state index in [0.717, 1.165) is 42.5 Å². The van der Waals surface area contributed by atoms with Crippen molar-refractivity contribution in [2.45, 2.75) is 57.0 Å². The number of benzene rings is 2. The van der Waals surface area contributed by atoms with Crippen LogP contribution in [0.2, 0.25) is 0 Å². The molecule has 1 aliphatic carbocycles. The zero-order chi connectivity index (χ0) is 25.8. The fraction of sp³-hybridized carbons (Fsp3) is 0.452. The minimum Gasteiger partial charge on any atom is -0.449 e. The van der Waals surface area contributed by atoms with Crippen LogP contribution < -0.4 is 0 Å². The maximum atomic E-state index is 13.8. The number of likely N-dealkylation sites (tertiary alicyclic amines) is 1. The smallest absolute Gasteiger partial charge is 0.339 e. The largest absolute Gasteiger partial charge is 0.449 e. The van der Waals surface area contributed by atoms with E-state index in [2.05, 4.69) is 44.2 Å². The van der Waals surface area contributed by atoms with Gasteiger partial charge in [0.1, 0.15) is 0 Å². The molecule has 0 bridgehead atoms. The molecule has 4 aliphatic rings. The zero-order valence-electron chi connectivity index (χ0n) is 21.7. The molecule has 0 aromatic heterocycles. The topological polar surface area (TPSA) is 66.9 Å². The van der Waals surface area contributed by atoms with E-state index in [1.807, 2.05) is 34.1 Å². The van der Waals surface area contributed by atoms with Gasteiger partial charge in [-0.05, 0) is 47.9 Å². The number of ether oxygens (including phenoxy) is 1. The number of carbonyl (C=O) groups excluding carboxylic acids is 3. The van der Waals surface area contributed by atoms with E-state index < -0.39 is 11.0 Å². The molecule has 6 heteroatoms. The molecule has 3 heterocycles. The van der Waals surface area contributed by atoms with E-state index in [9.17, 15) is 14.4 Å². The molecule has 2 aromatic rings. The number of carbonyl (C=O) groups is 3. The number of esters is 1. The summed E-state index contributed by atoms with van der Waals surface area (Å²) in [6.45, 7) is 6.59. The average Bonchev–Trinajstić information content (AvgIpc) is 3.54. The van der Waals surface area contributed by atoms with Crippen LogP contribution in [0.1, 0.15) is 73.0 Å². The minimum absolute atomic E-state index is 0.147. The van der Waals surface area contributed by atoms with Crippen LogP contribution in [0.15, 0.2) is 54.6 Å². The van der Waals surface area contributed by atoms with Crippen LogP contribution in [0, 0.1) is 5.92 Å². The summed E-state index contributed by atoms with van der Waals surface area (Å²) in [5, 5.41) is 0. The Kier molecular flexibility index (Phi) is 5.74. The van der Waals surface area contributed by atoms with Gasteiger partial charge in [-0.1, -0.05) is 62.4 Å². The van der Waals surface area contributed by atoms with Gasteiger partial charge < -0.3 is 14.5 Å². The zero-order valence-corrected chi connectivity index (χ0v) is 21.7. The third-order valence-electron chi connectivity index (χ3n) is 8.56. The molecule has 6 nitrogen and oxygen atoms in total. The van der Waals surface area contributed by atoms with Crippen molar-refractivity contribution in [1.29, 1.82) is 0 Å². The predicted molar refractivity (Wildman–Crippen MR) is 141 cm³/mol. The molecule has 6 rings (SSSR count). The normalized spacial score (nSPS) is 23.8. The summed E-state index contributed by atoms with van der Waals surface area (Å²) in [6.07, 6.45) is 5.95. The quantitative estimate of drug-likeness (QED) is 0.562. The Morgan fingerprint density at radius 2 is 1.73 bits per heavy atom. The summed E-state index contributed by atoms with van der Waals surface area (Å²) >= 11 is 0. The molecular formula is C31H34N2O4. The third kappa shape index (κ3) is 4.07. The van der Waals surface area contributed by atoms with Crippen molar-refractivity contribution < 1.29 is 19.1 Å². The van der Waals surface area contributed by atoms with E-state index in [1.165, 1.54) is 5.57 Å². The van der Waals surface area contributed by atoms with Crippen molar-refractivity contribution in [2.24, 2.45) is 5.92 Å². The molecule has 2 amide bonds. The second-order valence-corrected chi connectivity index (χ2v) is 11.5. The Labute approximate surface area is 218 Å². The molecule has 37 heavy (non-hydrogen) atoms. The third-order valence-corrected chi connectivity index (χ3v) is 8.56. The molecule has 1 spiro atoms. The minimum atomic E-state index is -0.707. The molecule has 3 aliphatic heterocycles. The molecule has 192 valence electrons. The van der Waals surface area contributed by atoms with Gasteiger partial charge in [0.2, 0.25) is 11.8 Å². The lowest BCUT2D eigenvalue weighted by Gasteiger charge is -2.28. The first kappa shape index (κ1) is 24.0. The van der Waals surface area contributed by atoms with Gasteiger partial charge in [-0.25, -0.2) is 4.79 Å². The van der Waals surface area contributed by atoms with E-state index in [1.54, 1.807) is 0 Å². The van der Waals surface area contributed by atoms with Crippen molar-refractivity contribution >= 4 is 23.4 Å². The van der Waals surface area contributed by atoms with Gasteiger partial charge in [0.15, 0.2) is 5.60 Å². The first-order chi connectivity index (χ1) is 17.8. The number of hydrogen-bond acceptors (Lipinski definition) is 4. The molecule has 0 unspecified atom stereocenters. The summed E-state index contributed by atoms with van der Waals surface area (Å²) in [5.74, 6) is 0.465. The molecule has 1 atom stereocenters. The van der Waals surface area contributed by atoms with Crippen molar-refractivity contribution in [2.75, 3.05) is 26.2 Å². The summed E-state index contributed by atoms with van der Waals surface area (Å²) < 4.78 is 5.86. The lowest BCUT2D eigenvalue weighted by molar-refractivity contribution is -0.134. The van der Waals surface area contributed by atoms with Crippen LogP contribution in [0.5, 0.6) is 0 Å². The van der Waals surface area contributed by atoms with Gasteiger partial charge in [0.05, 0.1) is 17.5 Å². The highest BCUT2D eigenvalue weighted by Crippen LogP contribution is 2.52. The highest BCUT2D eigenvalue weighted by atomic mass is 16.6. The lowest BCUT2D eigenvalue weighted by Crippen LogP contribution is -2.40. The highest BCUT2D eigenvalue weighted by molar-refractivity contribution is 5.96. The van der Waals surface area contributed by atoms with Crippen LogP contribution in [0.3, 0.4) is 0 Å². The Morgan fingerprint density at radius 1 is 0.973 bits per heavy atom. The van der Waals surface area contributed by atoms with Crippen molar-refractivity contribution in [3.8, 4) is 0 Å². The van der Waals surface area contributed by atoms with E-state index in [4.69, 9.17) is 4.74 Å². The molecular weight excluding hydrogens is 464 g/mol. The van der Waals surface area contributed by atoms with Crippen LogP contribution >= 0.6 is 0 Å². The Hall–Kier alpha value is -3.41. The van der Waals surface area contributed by atoms with Crippen LogP contribution in [0.4, 0.5) is 0 Å². The van der Waals surface area contributed by atoms with Crippen LogP contribution in [-0.4, -0.2) is 53.8 Å². The maximum Gasteiger partial charge on any atom is 0.339 e. The number of rotatable bonds is 5. The van der Waals surface area contributed by atoms with Crippen molar-refractivity contribution in [1.82, 2.24) is 9.80 Å². The summed E-state index contributed by atoms with van der Waals surface area (Å²) in [7, 11) is 0. The molecule has 0 radical (unpaired) electrons. The van der Waals surface area contributed by atoms with Gasteiger partial charge in [0.25, 0.3) is 0 Å². The Bertz CT molecular complexity index is 1290. The summed E-state index contributed by atoms with van der Waals surface area (Å²) in [5.41, 5.74) is 3.86. The predicted octanol–water partition coefficient (Wildman–Crippen LogP) is 4.68. The monoisotopic (exact) mass is 498 g/mol. The highest BCUT2D eigenvalue weighted by Gasteiger charge is 2.57. The van der Waals surface area contributed by atoms with Gasteiger partial charge in [-0.2, -0.15) is 0 Å². The summed E-state index contributed by atoms with van der Waals surface area (Å²) in [4.78, 5) is 42.4. The SMILES string of the molecule is CC(C)CC(=O)N1CC=C(c2ccc(C3(C(=O)N4CC[C@@]5(C4)OC(=O)c4ccccc45)CC3)cc2)CC1. The molecule has 2 fully saturated rings. The van der Waals surface area contributed by atoms with E-state index in [-0.39, 0.29) is 17.8 Å². The molecule has 2 aromatic carbocycles. The number of fused-ring (bicyclic) bond motifs is 2. The molecule has 1 saturated heterocycles. The van der Waals surface area contributed by atoms with Crippen molar-refractivity contribution in [3.05, 3.63) is 76.9 Å². The van der Waals surface area contributed by atoms with E-state index in [0.29, 0.717) is 44.0 Å². The molecule has 1 saturated carbocycles. The average molecular weight is 499 g/mol. The van der Waals surface area contributed by atoms with Gasteiger partial charge in [0, 0.05) is 38.0 Å². The first-order valence-corrected chi connectivity index (χ1v) is 13.5. The van der Waals surface area contributed by atoms with Crippen LogP contribution in [-0.2, 0) is 25.3 Å². The second-order valence-electron chi connectivity index (χ2n) is 11.5. The Morgan fingerprint density at radius 3 is 2.41 bits per heavy atom. The van der Waals surface area contributed by atoms with Gasteiger partial charge in [-0.3, -0.25) is 9.59 Å². The number of hydrogen-bond donors (Lipinski definition) is 0. The Balaban J connectivity index is 1.14. The fourth-order valence-electron chi connectivity index (χ4n) is 6.30. The lowest BCUT2D eigenvalue weighted by atomic mass is 9.90. The summed E-state index contributed by atoms with van der Waals surface area (Å²) in [6, 6.07) is 16.0. The second kappa shape index (κ2) is 8.86. The maximum absolute atomic E-state index is 13.8. The standard InChI is InChI=1S/C31H34N2O4/c1-21(2)19-27(34)32-16-11-23(12-17-32)22-7-9-24(10-8-22)30(13-14-30)29(36)33-18-15-31(20-33)26-6-4-3-5-25(26)28(35)37-31/h3-11,21H,12-20H2,1-2H3/t31-/m0/s1. The number of nitrogens with zero attached hydrogens (tertiary/aromatic N) is 2. The number of amides is 2. The van der Waals surface area contributed by atoms with E-state index >= 15 is 0 Å². The molecule has 0 N–H and O–H groups in total. The fourth-order valence-corrected chi connectivity index (χ4v) is 6.30.